The van der Waals surface area contributed by atoms with Crippen LogP contribution in [-0.2, 0) is 9.73 Å². The molecule has 22 heavy (non-hydrogen) atoms. The van der Waals surface area contributed by atoms with E-state index >= 15 is 0 Å². The summed E-state index contributed by atoms with van der Waals surface area (Å²) in [5.74, 6) is 0. The highest BCUT2D eigenvalue weighted by Gasteiger charge is 2.21. The predicted molar refractivity (Wildman–Crippen MR) is 91.9 cm³/mol. The number of aliphatic imine (C=N–C) groups is 1. The summed E-state index contributed by atoms with van der Waals surface area (Å²) >= 11 is 0. The fourth-order valence-corrected chi connectivity index (χ4v) is 2.72. The second-order valence-electron chi connectivity index (χ2n) is 5.79. The summed E-state index contributed by atoms with van der Waals surface area (Å²) < 4.78 is 16.2. The molecule has 1 heterocycles. The van der Waals surface area contributed by atoms with Gasteiger partial charge in [0.15, 0.2) is 0 Å². The Balaban J connectivity index is 2.61. The molecule has 0 saturated carbocycles. The van der Waals surface area contributed by atoms with Gasteiger partial charge in [-0.05, 0) is 18.6 Å². The molecule has 1 aliphatic rings. The van der Waals surface area contributed by atoms with Gasteiger partial charge < -0.3 is 9.80 Å². The van der Waals surface area contributed by atoms with Gasteiger partial charge in [0, 0.05) is 49.4 Å². The molecule has 1 aromatic carbocycles. The molecular weight excluding hydrogens is 298 g/mol. The van der Waals surface area contributed by atoms with Crippen LogP contribution in [-0.4, -0.2) is 55.1 Å². The maximum atomic E-state index is 12.0. The van der Waals surface area contributed by atoms with Crippen LogP contribution in [0.1, 0.15) is 12.0 Å². The molecule has 2 rings (SSSR count). The van der Waals surface area contributed by atoms with Crippen molar-refractivity contribution in [2.45, 2.75) is 6.42 Å². The van der Waals surface area contributed by atoms with Crippen molar-refractivity contribution in [3.8, 4) is 6.07 Å². The Morgan fingerprint density at radius 2 is 2.05 bits per heavy atom. The normalized spacial score (nSPS) is 14.6. The Morgan fingerprint density at radius 3 is 2.50 bits per heavy atom. The van der Waals surface area contributed by atoms with Crippen LogP contribution in [0.15, 0.2) is 21.5 Å². The minimum absolute atomic E-state index is 0.537. The predicted octanol–water partition coefficient (Wildman–Crippen LogP) is 2.35. The van der Waals surface area contributed by atoms with E-state index in [2.05, 4.69) is 20.3 Å². The Morgan fingerprint density at radius 1 is 1.36 bits per heavy atom. The van der Waals surface area contributed by atoms with Crippen molar-refractivity contribution < 1.29 is 4.21 Å². The molecule has 0 aliphatic carbocycles. The van der Waals surface area contributed by atoms with Gasteiger partial charge in [-0.25, -0.2) is 9.20 Å². The molecule has 0 N–H and O–H groups in total. The Kier molecular flexibility index (Phi) is 4.71. The molecule has 118 valence electrons. The molecule has 1 fully saturated rings. The molecule has 0 unspecified atom stereocenters. The Hall–Kier alpha value is -2.07. The van der Waals surface area contributed by atoms with Crippen molar-refractivity contribution in [3.05, 3.63) is 17.7 Å². The van der Waals surface area contributed by atoms with Gasteiger partial charge >= 0.3 is 0 Å². The monoisotopic (exact) mass is 319 g/mol. The van der Waals surface area contributed by atoms with Gasteiger partial charge in [0.1, 0.15) is 11.6 Å². The number of hydrogen-bond acceptors (Lipinski definition) is 5. The summed E-state index contributed by atoms with van der Waals surface area (Å²) in [6.07, 6.45) is 5.95. The first-order valence-electron chi connectivity index (χ1n) is 7.01. The van der Waals surface area contributed by atoms with Crippen LogP contribution in [0.25, 0.3) is 0 Å². The van der Waals surface area contributed by atoms with Crippen LogP contribution in [0.5, 0.6) is 0 Å². The molecular formula is C15H21N5OS. The Labute approximate surface area is 132 Å². The lowest BCUT2D eigenvalue weighted by Crippen LogP contribution is -2.37. The fraction of sp³-hybridized carbons (Fsp3) is 0.467. The molecule has 0 spiro atoms. The zero-order valence-corrected chi connectivity index (χ0v) is 14.2. The van der Waals surface area contributed by atoms with Crippen molar-refractivity contribution in [3.63, 3.8) is 0 Å². The van der Waals surface area contributed by atoms with Crippen molar-refractivity contribution in [1.82, 2.24) is 4.90 Å². The number of nitrogens with zero attached hydrogens (tertiary/aromatic N) is 5. The highest BCUT2D eigenvalue weighted by Crippen LogP contribution is 2.36. The smallest absolute Gasteiger partial charge is 0.104 e. The quantitative estimate of drug-likeness (QED) is 0.631. The highest BCUT2D eigenvalue weighted by molar-refractivity contribution is 7.92. The third kappa shape index (κ3) is 3.98. The van der Waals surface area contributed by atoms with Gasteiger partial charge in [0.25, 0.3) is 0 Å². The summed E-state index contributed by atoms with van der Waals surface area (Å²) in [5, 5.41) is 9.51. The van der Waals surface area contributed by atoms with E-state index in [1.807, 2.05) is 20.2 Å². The largest absolute Gasteiger partial charge is 0.370 e. The molecule has 0 atom stereocenters. The number of anilines is 1. The molecule has 0 aromatic heterocycles. The van der Waals surface area contributed by atoms with Crippen LogP contribution in [0.4, 0.5) is 17.1 Å². The van der Waals surface area contributed by atoms with Gasteiger partial charge in [0.2, 0.25) is 0 Å². The lowest BCUT2D eigenvalue weighted by molar-refractivity contribution is 0.617. The van der Waals surface area contributed by atoms with Crippen molar-refractivity contribution >= 4 is 33.1 Å². The lowest BCUT2D eigenvalue weighted by Gasteiger charge is -2.34. The molecule has 1 saturated heterocycles. The summed E-state index contributed by atoms with van der Waals surface area (Å²) in [6.45, 7) is 1.84. The van der Waals surface area contributed by atoms with E-state index in [0.29, 0.717) is 16.9 Å². The van der Waals surface area contributed by atoms with E-state index in [9.17, 15) is 9.47 Å². The van der Waals surface area contributed by atoms with E-state index in [1.165, 1.54) is 0 Å². The topological polar surface area (TPSA) is 72.1 Å². The van der Waals surface area contributed by atoms with Crippen LogP contribution in [0, 0.1) is 11.3 Å². The number of hydrogen-bond donors (Lipinski definition) is 0. The summed E-state index contributed by atoms with van der Waals surface area (Å²) in [6, 6.07) is 5.79. The number of nitriles is 1. The lowest BCUT2D eigenvalue weighted by atomic mass is 10.1. The standard InChI is InChI=1S/C15H21N5OS/c1-19(2)11-17-14-8-12(18-22(3,4)21)9-15(13(14)10-16)20-6-5-7-20/h8-9,11H,5-7H2,1-4H3. The van der Waals surface area contributed by atoms with E-state index in [1.54, 1.807) is 29.8 Å². The van der Waals surface area contributed by atoms with E-state index < -0.39 is 9.73 Å². The SMILES string of the molecule is CN(C)C=Nc1cc(N=S(C)(C)=O)cc(N2CCC2)c1C#N. The van der Waals surface area contributed by atoms with Crippen LogP contribution in [0.3, 0.4) is 0 Å². The van der Waals surface area contributed by atoms with Crippen LogP contribution in [0.2, 0.25) is 0 Å². The van der Waals surface area contributed by atoms with Gasteiger partial charge in [-0.1, -0.05) is 0 Å². The molecule has 0 radical (unpaired) electrons. The summed E-state index contributed by atoms with van der Waals surface area (Å²) in [5.41, 5.74) is 2.52. The Bertz CT molecular complexity index is 742. The molecule has 6 nitrogen and oxygen atoms in total. The van der Waals surface area contributed by atoms with E-state index in [-0.39, 0.29) is 0 Å². The summed E-state index contributed by atoms with van der Waals surface area (Å²) in [4.78, 5) is 8.29. The first-order chi connectivity index (χ1) is 10.3. The van der Waals surface area contributed by atoms with E-state index in [4.69, 9.17) is 0 Å². The van der Waals surface area contributed by atoms with Gasteiger partial charge in [-0.2, -0.15) is 9.62 Å². The van der Waals surface area contributed by atoms with Gasteiger partial charge in [-0.3, -0.25) is 0 Å². The maximum absolute atomic E-state index is 12.0. The molecule has 1 aliphatic heterocycles. The summed E-state index contributed by atoms with van der Waals surface area (Å²) in [7, 11) is 1.47. The maximum Gasteiger partial charge on any atom is 0.104 e. The van der Waals surface area contributed by atoms with E-state index in [0.717, 1.165) is 25.2 Å². The first-order valence-corrected chi connectivity index (χ1v) is 9.34. The fourth-order valence-electron chi connectivity index (χ4n) is 2.10. The first kappa shape index (κ1) is 16.3. The second-order valence-corrected chi connectivity index (χ2v) is 8.34. The van der Waals surface area contributed by atoms with Crippen molar-refractivity contribution in [2.24, 2.45) is 9.36 Å². The number of rotatable bonds is 4. The zero-order chi connectivity index (χ0) is 16.3. The average Bonchev–Trinajstić information content (AvgIpc) is 2.32. The van der Waals surface area contributed by atoms with Crippen molar-refractivity contribution in [2.75, 3.05) is 44.6 Å². The van der Waals surface area contributed by atoms with Crippen molar-refractivity contribution in [1.29, 1.82) is 5.26 Å². The second kappa shape index (κ2) is 6.36. The van der Waals surface area contributed by atoms with Crippen LogP contribution >= 0.6 is 0 Å². The van der Waals surface area contributed by atoms with Gasteiger partial charge in [-0.15, -0.1) is 0 Å². The minimum atomic E-state index is -2.26. The minimum Gasteiger partial charge on any atom is -0.370 e. The zero-order valence-electron chi connectivity index (χ0n) is 13.4. The molecule has 1 aromatic rings. The van der Waals surface area contributed by atoms with Crippen LogP contribution < -0.4 is 4.90 Å². The molecule has 0 amide bonds. The third-order valence-corrected chi connectivity index (χ3v) is 3.79. The number of benzene rings is 1. The highest BCUT2D eigenvalue weighted by atomic mass is 32.2. The third-order valence-electron chi connectivity index (χ3n) is 3.14. The molecule has 0 bridgehead atoms. The average molecular weight is 319 g/mol. The van der Waals surface area contributed by atoms with Gasteiger partial charge in [0.05, 0.1) is 23.4 Å². The molecule has 7 heteroatoms.